The topological polar surface area (TPSA) is 89.9 Å². The van der Waals surface area contributed by atoms with E-state index in [9.17, 15) is 9.18 Å². The van der Waals surface area contributed by atoms with E-state index in [1.807, 2.05) is 0 Å². The molecule has 0 aliphatic carbocycles. The van der Waals surface area contributed by atoms with E-state index in [1.54, 1.807) is 24.0 Å². The summed E-state index contributed by atoms with van der Waals surface area (Å²) in [6.07, 6.45) is 1.11. The Kier molecular flexibility index (Phi) is 4.33. The Balaban J connectivity index is 1.88. The van der Waals surface area contributed by atoms with Crippen LogP contribution >= 0.6 is 0 Å². The molecule has 2 heterocycles. The molecule has 1 aliphatic heterocycles. The number of amides is 1. The van der Waals surface area contributed by atoms with E-state index in [4.69, 9.17) is 5.73 Å². The molecule has 1 saturated heterocycles. The zero-order valence-corrected chi connectivity index (χ0v) is 12.9. The van der Waals surface area contributed by atoms with Gasteiger partial charge in [0.05, 0.1) is 0 Å². The number of benzene rings is 1. The van der Waals surface area contributed by atoms with Crippen LogP contribution in [0.4, 0.5) is 4.39 Å². The standard InChI is InChI=1S/C15H19FN6O/c1-10-18-19-20-22(10)14(8-11-3-2-4-12(16)7-11)15(23)21-6-5-13(17)9-21/h2-4,7,13-14H,5-6,8-9,17H2,1H3/t13-,14?/m1/s1. The van der Waals surface area contributed by atoms with Gasteiger partial charge in [-0.1, -0.05) is 12.1 Å². The van der Waals surface area contributed by atoms with E-state index >= 15 is 0 Å². The lowest BCUT2D eigenvalue weighted by Gasteiger charge is -2.23. The van der Waals surface area contributed by atoms with Crippen LogP contribution in [0.15, 0.2) is 24.3 Å². The first-order valence-electron chi connectivity index (χ1n) is 7.58. The monoisotopic (exact) mass is 318 g/mol. The maximum atomic E-state index is 13.4. The number of hydrogen-bond donors (Lipinski definition) is 1. The summed E-state index contributed by atoms with van der Waals surface area (Å²) >= 11 is 0. The zero-order chi connectivity index (χ0) is 16.4. The highest BCUT2D eigenvalue weighted by molar-refractivity contribution is 5.81. The largest absolute Gasteiger partial charge is 0.339 e. The van der Waals surface area contributed by atoms with Crippen LogP contribution in [0.5, 0.6) is 0 Å². The van der Waals surface area contributed by atoms with Crippen molar-refractivity contribution in [3.05, 3.63) is 41.5 Å². The van der Waals surface area contributed by atoms with Crippen molar-refractivity contribution in [2.24, 2.45) is 5.73 Å². The first-order chi connectivity index (χ1) is 11.0. The van der Waals surface area contributed by atoms with Gasteiger partial charge in [-0.3, -0.25) is 4.79 Å². The first kappa shape index (κ1) is 15.5. The average Bonchev–Trinajstić information content (AvgIpc) is 3.13. The van der Waals surface area contributed by atoms with Crippen molar-refractivity contribution in [1.82, 2.24) is 25.1 Å². The van der Waals surface area contributed by atoms with Crippen molar-refractivity contribution in [3.8, 4) is 0 Å². The molecule has 2 atom stereocenters. The van der Waals surface area contributed by atoms with Crippen LogP contribution in [0.25, 0.3) is 0 Å². The number of nitrogens with zero attached hydrogens (tertiary/aromatic N) is 5. The van der Waals surface area contributed by atoms with Crippen LogP contribution in [0.1, 0.15) is 23.9 Å². The van der Waals surface area contributed by atoms with Gasteiger partial charge in [0.2, 0.25) is 5.91 Å². The van der Waals surface area contributed by atoms with Gasteiger partial charge in [-0.05, 0) is 41.5 Å². The predicted octanol–water partition coefficient (Wildman–Crippen LogP) is 0.464. The highest BCUT2D eigenvalue weighted by Crippen LogP contribution is 2.20. The van der Waals surface area contributed by atoms with Crippen LogP contribution < -0.4 is 5.73 Å². The SMILES string of the molecule is Cc1nnnn1C(Cc1cccc(F)c1)C(=O)N1CC[C@@H](N)C1. The Hall–Kier alpha value is -2.35. The number of aromatic nitrogens is 4. The second kappa shape index (κ2) is 6.41. The van der Waals surface area contributed by atoms with Gasteiger partial charge in [0.1, 0.15) is 17.7 Å². The molecule has 2 N–H and O–H groups in total. The van der Waals surface area contributed by atoms with Crippen molar-refractivity contribution in [3.63, 3.8) is 0 Å². The third-order valence-corrected chi connectivity index (χ3v) is 4.09. The lowest BCUT2D eigenvalue weighted by atomic mass is 10.0. The summed E-state index contributed by atoms with van der Waals surface area (Å²) in [6, 6.07) is 5.63. The lowest BCUT2D eigenvalue weighted by Crippen LogP contribution is -2.39. The van der Waals surface area contributed by atoms with Crippen LogP contribution in [-0.2, 0) is 11.2 Å². The number of carbonyl (C=O) groups is 1. The Morgan fingerprint density at radius 3 is 2.96 bits per heavy atom. The summed E-state index contributed by atoms with van der Waals surface area (Å²) in [5.41, 5.74) is 6.62. The Labute approximate surface area is 133 Å². The number of rotatable bonds is 4. The fraction of sp³-hybridized carbons (Fsp3) is 0.467. The van der Waals surface area contributed by atoms with Gasteiger partial charge in [0.15, 0.2) is 0 Å². The number of hydrogen-bond acceptors (Lipinski definition) is 5. The molecule has 8 heteroatoms. The molecule has 1 unspecified atom stereocenters. The molecule has 0 spiro atoms. The molecule has 1 amide bonds. The highest BCUT2D eigenvalue weighted by atomic mass is 19.1. The van der Waals surface area contributed by atoms with Gasteiger partial charge >= 0.3 is 0 Å². The molecule has 0 saturated carbocycles. The van der Waals surface area contributed by atoms with Gasteiger partial charge in [-0.15, -0.1) is 5.10 Å². The molecule has 1 fully saturated rings. The van der Waals surface area contributed by atoms with E-state index in [-0.39, 0.29) is 17.8 Å². The van der Waals surface area contributed by atoms with Gasteiger partial charge in [-0.25, -0.2) is 9.07 Å². The zero-order valence-electron chi connectivity index (χ0n) is 12.9. The molecule has 23 heavy (non-hydrogen) atoms. The fourth-order valence-corrected chi connectivity index (χ4v) is 2.89. The van der Waals surface area contributed by atoms with E-state index in [2.05, 4.69) is 15.5 Å². The van der Waals surface area contributed by atoms with Gasteiger partial charge < -0.3 is 10.6 Å². The second-order valence-corrected chi connectivity index (χ2v) is 5.85. The van der Waals surface area contributed by atoms with Crippen molar-refractivity contribution < 1.29 is 9.18 Å². The van der Waals surface area contributed by atoms with Crippen LogP contribution in [0.3, 0.4) is 0 Å². The molecule has 1 aliphatic rings. The average molecular weight is 318 g/mol. The minimum Gasteiger partial charge on any atom is -0.339 e. The molecule has 7 nitrogen and oxygen atoms in total. The van der Waals surface area contributed by atoms with Gasteiger partial charge in [0.25, 0.3) is 0 Å². The smallest absolute Gasteiger partial charge is 0.247 e. The van der Waals surface area contributed by atoms with Crippen LogP contribution in [0.2, 0.25) is 0 Å². The maximum Gasteiger partial charge on any atom is 0.247 e. The first-order valence-corrected chi connectivity index (χ1v) is 7.58. The van der Waals surface area contributed by atoms with E-state index in [1.165, 1.54) is 16.8 Å². The minimum absolute atomic E-state index is 0.00346. The van der Waals surface area contributed by atoms with Crippen molar-refractivity contribution >= 4 is 5.91 Å². The van der Waals surface area contributed by atoms with Crippen molar-refractivity contribution in [2.75, 3.05) is 13.1 Å². The number of halogens is 1. The Bertz CT molecular complexity index is 703. The Morgan fingerprint density at radius 2 is 2.35 bits per heavy atom. The number of likely N-dealkylation sites (tertiary alicyclic amines) is 1. The highest BCUT2D eigenvalue weighted by Gasteiger charge is 2.32. The third kappa shape index (κ3) is 3.37. The lowest BCUT2D eigenvalue weighted by molar-refractivity contribution is -0.134. The maximum absolute atomic E-state index is 13.4. The molecule has 122 valence electrons. The summed E-state index contributed by atoms with van der Waals surface area (Å²) in [4.78, 5) is 14.6. The summed E-state index contributed by atoms with van der Waals surface area (Å²) in [7, 11) is 0. The van der Waals surface area contributed by atoms with Crippen molar-refractivity contribution in [1.29, 1.82) is 0 Å². The molecule has 3 rings (SSSR count). The minimum atomic E-state index is -0.600. The van der Waals surface area contributed by atoms with Crippen LogP contribution in [0, 0.1) is 12.7 Å². The number of nitrogens with two attached hydrogens (primary N) is 1. The normalized spacial score (nSPS) is 19.1. The predicted molar refractivity (Wildman–Crippen MR) is 80.9 cm³/mol. The Morgan fingerprint density at radius 1 is 1.52 bits per heavy atom. The van der Waals surface area contributed by atoms with Crippen molar-refractivity contribution in [2.45, 2.75) is 31.8 Å². The molecule has 0 radical (unpaired) electrons. The summed E-state index contributed by atoms with van der Waals surface area (Å²) < 4.78 is 14.9. The molecule has 1 aromatic heterocycles. The molecule has 0 bridgehead atoms. The van der Waals surface area contributed by atoms with Gasteiger partial charge in [0, 0.05) is 25.6 Å². The molecular formula is C15H19FN6O. The quantitative estimate of drug-likeness (QED) is 0.885. The third-order valence-electron chi connectivity index (χ3n) is 4.09. The molecular weight excluding hydrogens is 299 g/mol. The van der Waals surface area contributed by atoms with E-state index in [0.29, 0.717) is 25.3 Å². The van der Waals surface area contributed by atoms with E-state index < -0.39 is 6.04 Å². The number of tetrazole rings is 1. The van der Waals surface area contributed by atoms with Gasteiger partial charge in [-0.2, -0.15) is 0 Å². The van der Waals surface area contributed by atoms with E-state index in [0.717, 1.165) is 12.0 Å². The second-order valence-electron chi connectivity index (χ2n) is 5.85. The summed E-state index contributed by atoms with van der Waals surface area (Å²) in [5, 5.41) is 11.4. The molecule has 1 aromatic carbocycles. The van der Waals surface area contributed by atoms with Crippen LogP contribution in [-0.4, -0.2) is 50.1 Å². The molecule has 2 aromatic rings. The fourth-order valence-electron chi connectivity index (χ4n) is 2.89. The summed E-state index contributed by atoms with van der Waals surface area (Å²) in [6.45, 7) is 2.89. The number of aryl methyl sites for hydroxylation is 1. The number of carbonyl (C=O) groups excluding carboxylic acids is 1. The summed E-state index contributed by atoms with van der Waals surface area (Å²) in [5.74, 6) is 0.131.